The molecule has 0 radical (unpaired) electrons. The third-order valence-electron chi connectivity index (χ3n) is 11.6. The standard InChI is InChI=1S/C57H58N3O.Pt/c1-35(2)41-28-42(36(3)4)30-43(29-41)39-21-24-51(37(5)27-39)60-52-17-14-16-48(54(52)59-55(60)49-15-12-13-18-53(49)61)44-31-45(33-47(32-44)57(9,10)11)50-34-40(25-26-58-50)38-19-22-46(23-20-38)56(6,7)8;/h12-30,32-36,61H,1-11H3;/q-1;/i5D3,35D,36D;. The summed E-state index contributed by atoms with van der Waals surface area (Å²) in [7, 11) is 0. The van der Waals surface area contributed by atoms with Crippen molar-refractivity contribution < 1.29 is 33.0 Å². The number of benzene rings is 6. The Balaban J connectivity index is 0.00000666. The second-order valence-electron chi connectivity index (χ2n) is 18.7. The van der Waals surface area contributed by atoms with E-state index >= 15 is 0 Å². The largest absolute Gasteiger partial charge is 0.507 e. The number of para-hydroxylation sites is 2. The van der Waals surface area contributed by atoms with Crippen LogP contribution in [0.15, 0.2) is 134 Å². The normalized spacial score (nSPS) is 13.7. The van der Waals surface area contributed by atoms with E-state index in [2.05, 4.69) is 90.1 Å². The molecule has 4 nitrogen and oxygen atoms in total. The van der Waals surface area contributed by atoms with Crippen LogP contribution in [0, 0.1) is 12.9 Å². The van der Waals surface area contributed by atoms with Crippen LogP contribution in [-0.2, 0) is 31.9 Å². The van der Waals surface area contributed by atoms with Gasteiger partial charge in [-0.15, -0.1) is 29.3 Å². The molecule has 0 unspecified atom stereocenters. The van der Waals surface area contributed by atoms with Crippen molar-refractivity contribution in [1.29, 1.82) is 0 Å². The van der Waals surface area contributed by atoms with Crippen molar-refractivity contribution in [3.8, 4) is 67.5 Å². The average molecular weight is 1000 g/mol. The number of rotatable bonds is 8. The molecule has 0 spiro atoms. The van der Waals surface area contributed by atoms with Gasteiger partial charge in [-0.1, -0.05) is 159 Å². The minimum atomic E-state index is -2.57. The van der Waals surface area contributed by atoms with Gasteiger partial charge >= 0.3 is 0 Å². The molecule has 0 atom stereocenters. The summed E-state index contributed by atoms with van der Waals surface area (Å²) >= 11 is 0. The Morgan fingerprint density at radius 2 is 1.26 bits per heavy atom. The SMILES string of the molecule is [2H]C([2H])([2H])c1cc(-c2cc(C([2H])(C)C)cc(C([2H])(C)C)c2)ccc1-n1c(-c2ccccc2O)nc2c(-c3[c-]c(-c4cc(-c5ccc(C(C)(C)C)cc5)ccn4)cc(C(C)(C)C)c3)cccc21.[Pt]. The Kier molecular flexibility index (Phi) is 10.6. The molecule has 62 heavy (non-hydrogen) atoms. The maximum atomic E-state index is 11.4. The summed E-state index contributed by atoms with van der Waals surface area (Å²) in [5.41, 5.74) is 12.5. The van der Waals surface area contributed by atoms with E-state index in [-0.39, 0.29) is 43.2 Å². The molecule has 8 rings (SSSR count). The molecule has 0 aliphatic carbocycles. The first kappa shape index (κ1) is 38.1. The number of aromatic hydroxyl groups is 1. The van der Waals surface area contributed by atoms with Gasteiger partial charge < -0.3 is 5.11 Å². The van der Waals surface area contributed by atoms with Crippen LogP contribution in [0.4, 0.5) is 0 Å². The first-order valence-electron chi connectivity index (χ1n) is 23.5. The van der Waals surface area contributed by atoms with Gasteiger partial charge in [0.1, 0.15) is 11.6 Å². The van der Waals surface area contributed by atoms with Crippen molar-refractivity contribution in [3.05, 3.63) is 167 Å². The molecule has 2 aromatic heterocycles. The van der Waals surface area contributed by atoms with Gasteiger partial charge in [0, 0.05) is 39.8 Å². The summed E-state index contributed by atoms with van der Waals surface area (Å²) in [5, 5.41) is 11.4. The third-order valence-corrected chi connectivity index (χ3v) is 11.6. The predicted molar refractivity (Wildman–Crippen MR) is 257 cm³/mol. The summed E-state index contributed by atoms with van der Waals surface area (Å²) in [6.45, 7) is 17.8. The van der Waals surface area contributed by atoms with Gasteiger partial charge in [0.15, 0.2) is 0 Å². The number of aryl methyl sites for hydroxylation is 1. The number of hydrogen-bond donors (Lipinski definition) is 1. The number of hydrogen-bond acceptors (Lipinski definition) is 3. The zero-order chi connectivity index (χ0) is 47.7. The molecule has 0 bridgehead atoms. The maximum Gasteiger partial charge on any atom is 0.148 e. The van der Waals surface area contributed by atoms with E-state index in [1.807, 2.05) is 93.1 Å². The van der Waals surface area contributed by atoms with E-state index in [4.69, 9.17) is 16.8 Å². The molecule has 0 aliphatic heterocycles. The summed E-state index contributed by atoms with van der Waals surface area (Å²) in [4.78, 5) is 10.2. The zero-order valence-corrected chi connectivity index (χ0v) is 39.6. The minimum Gasteiger partial charge on any atom is -0.507 e. The van der Waals surface area contributed by atoms with E-state index < -0.39 is 18.6 Å². The second-order valence-corrected chi connectivity index (χ2v) is 18.7. The van der Waals surface area contributed by atoms with Crippen LogP contribution < -0.4 is 0 Å². The van der Waals surface area contributed by atoms with Crippen LogP contribution in [0.3, 0.4) is 0 Å². The van der Waals surface area contributed by atoms with E-state index in [9.17, 15) is 5.11 Å². The number of phenols is 1. The van der Waals surface area contributed by atoms with Gasteiger partial charge in [-0.2, -0.15) is 0 Å². The quantitative estimate of drug-likeness (QED) is 0.154. The number of pyridine rings is 1. The monoisotopic (exact) mass is 1000 g/mol. The van der Waals surface area contributed by atoms with Crippen LogP contribution in [0.25, 0.3) is 72.7 Å². The van der Waals surface area contributed by atoms with Crippen molar-refractivity contribution in [2.75, 3.05) is 0 Å². The Morgan fingerprint density at radius 3 is 1.90 bits per heavy atom. The van der Waals surface area contributed by atoms with Crippen LogP contribution >= 0.6 is 0 Å². The number of aromatic nitrogens is 3. The zero-order valence-electron chi connectivity index (χ0n) is 42.3. The van der Waals surface area contributed by atoms with Crippen LogP contribution in [-0.4, -0.2) is 19.6 Å². The molecule has 0 fully saturated rings. The third kappa shape index (κ3) is 8.86. The first-order valence-corrected chi connectivity index (χ1v) is 21.0. The van der Waals surface area contributed by atoms with Gasteiger partial charge in [-0.05, 0) is 110 Å². The van der Waals surface area contributed by atoms with Crippen molar-refractivity contribution in [2.45, 2.75) is 98.7 Å². The predicted octanol–water partition coefficient (Wildman–Crippen LogP) is 15.4. The number of imidazole rings is 1. The van der Waals surface area contributed by atoms with Crippen LogP contribution in [0.2, 0.25) is 0 Å². The Morgan fingerprint density at radius 1 is 0.629 bits per heavy atom. The van der Waals surface area contributed by atoms with E-state index in [0.29, 0.717) is 33.7 Å². The van der Waals surface area contributed by atoms with Gasteiger partial charge in [-0.25, -0.2) is 4.98 Å². The first-order chi connectivity index (χ1) is 30.8. The van der Waals surface area contributed by atoms with Gasteiger partial charge in [0.05, 0.1) is 22.3 Å². The molecular formula is C57H58N3OPt-. The maximum absolute atomic E-state index is 11.4. The molecule has 8 aromatic rings. The van der Waals surface area contributed by atoms with Gasteiger partial charge in [-0.3, -0.25) is 9.55 Å². The Labute approximate surface area is 390 Å². The van der Waals surface area contributed by atoms with Crippen molar-refractivity contribution in [1.82, 2.24) is 14.5 Å². The fourth-order valence-electron chi connectivity index (χ4n) is 7.89. The van der Waals surface area contributed by atoms with E-state index in [0.717, 1.165) is 55.8 Å². The van der Waals surface area contributed by atoms with Crippen molar-refractivity contribution >= 4 is 11.0 Å². The van der Waals surface area contributed by atoms with Crippen molar-refractivity contribution in [2.24, 2.45) is 0 Å². The topological polar surface area (TPSA) is 50.9 Å². The molecule has 1 N–H and O–H groups in total. The smallest absolute Gasteiger partial charge is 0.148 e. The summed E-state index contributed by atoms with van der Waals surface area (Å²) in [5.74, 6) is -1.52. The average Bonchev–Trinajstić information content (AvgIpc) is 3.64. The van der Waals surface area contributed by atoms with Gasteiger partial charge in [0.2, 0.25) is 0 Å². The number of fused-ring (bicyclic) bond motifs is 1. The molecule has 318 valence electrons. The van der Waals surface area contributed by atoms with E-state index in [1.165, 1.54) is 5.56 Å². The van der Waals surface area contributed by atoms with Crippen molar-refractivity contribution in [3.63, 3.8) is 0 Å². The summed E-state index contributed by atoms with van der Waals surface area (Å²) < 4.78 is 46.3. The van der Waals surface area contributed by atoms with Gasteiger partial charge in [0.25, 0.3) is 0 Å². The summed E-state index contributed by atoms with van der Waals surface area (Å²) in [6.07, 6.45) is 1.84. The second kappa shape index (κ2) is 17.3. The van der Waals surface area contributed by atoms with Crippen LogP contribution in [0.5, 0.6) is 5.75 Å². The van der Waals surface area contributed by atoms with Crippen LogP contribution in [0.1, 0.15) is 116 Å². The fourth-order valence-corrected chi connectivity index (χ4v) is 7.89. The molecule has 0 saturated carbocycles. The molecule has 2 heterocycles. The molecule has 0 amide bonds. The molecule has 0 aliphatic rings. The number of phenolic OH excluding ortho intramolecular Hbond substituents is 1. The summed E-state index contributed by atoms with van der Waals surface area (Å²) in [6, 6.07) is 44.8. The van der Waals surface area contributed by atoms with E-state index in [1.54, 1.807) is 30.3 Å². The number of nitrogens with zero attached hydrogens (tertiary/aromatic N) is 3. The molecular weight excluding hydrogens is 938 g/mol. The molecule has 6 aromatic carbocycles. The molecule has 0 saturated heterocycles. The molecule has 5 heteroatoms. The Bertz CT molecular complexity index is 3090. The Hall–Kier alpha value is -5.57. The fraction of sp³-hybridized carbons (Fsp3) is 0.263. The minimum absolute atomic E-state index is 0.